The zero-order chi connectivity index (χ0) is 15.5. The highest BCUT2D eigenvalue weighted by atomic mass is 32.1. The van der Waals surface area contributed by atoms with Crippen molar-refractivity contribution < 1.29 is 14.0 Å². The number of carbonyl (C=O) groups excluding carboxylic acids is 2. The molecule has 0 aliphatic carbocycles. The standard InChI is InChI=1S/C16H18N2O3S/c1-12(19)14-4-5-15(22-14)16(20)18-8-6-17(7-9-18)11-13-3-2-10-21-13/h2-5,10H,6-9,11H2,1H3. The van der Waals surface area contributed by atoms with Crippen LogP contribution in [0, 0.1) is 0 Å². The largest absolute Gasteiger partial charge is 0.468 e. The van der Waals surface area contributed by atoms with Gasteiger partial charge in [0.1, 0.15) is 5.76 Å². The molecule has 1 amide bonds. The Hall–Kier alpha value is -1.92. The van der Waals surface area contributed by atoms with Crippen LogP contribution in [0.15, 0.2) is 34.9 Å². The third-order valence-corrected chi connectivity index (χ3v) is 4.96. The van der Waals surface area contributed by atoms with E-state index in [0.29, 0.717) is 22.8 Å². The fourth-order valence-corrected chi connectivity index (χ4v) is 3.40. The van der Waals surface area contributed by atoms with Crippen LogP contribution in [0.3, 0.4) is 0 Å². The summed E-state index contributed by atoms with van der Waals surface area (Å²) in [5, 5.41) is 0. The van der Waals surface area contributed by atoms with E-state index in [0.717, 1.165) is 25.4 Å². The van der Waals surface area contributed by atoms with E-state index < -0.39 is 0 Å². The van der Waals surface area contributed by atoms with Crippen LogP contribution in [0.25, 0.3) is 0 Å². The Bertz CT molecular complexity index is 655. The van der Waals surface area contributed by atoms with Gasteiger partial charge in [-0.1, -0.05) is 0 Å². The number of carbonyl (C=O) groups is 2. The zero-order valence-corrected chi connectivity index (χ0v) is 13.3. The Morgan fingerprint density at radius 2 is 1.86 bits per heavy atom. The Kier molecular flexibility index (Phi) is 4.40. The third-order valence-electron chi connectivity index (χ3n) is 3.78. The minimum absolute atomic E-state index is 0.00678. The highest BCUT2D eigenvalue weighted by Gasteiger charge is 2.23. The number of rotatable bonds is 4. The Morgan fingerprint density at radius 3 is 2.45 bits per heavy atom. The van der Waals surface area contributed by atoms with Crippen molar-refractivity contribution >= 4 is 23.0 Å². The van der Waals surface area contributed by atoms with Crippen LogP contribution in [0.4, 0.5) is 0 Å². The lowest BCUT2D eigenvalue weighted by atomic mass is 10.2. The smallest absolute Gasteiger partial charge is 0.264 e. The maximum Gasteiger partial charge on any atom is 0.264 e. The van der Waals surface area contributed by atoms with Gasteiger partial charge >= 0.3 is 0 Å². The number of amides is 1. The van der Waals surface area contributed by atoms with Gasteiger partial charge in [-0.25, -0.2) is 0 Å². The van der Waals surface area contributed by atoms with Gasteiger partial charge in [0.15, 0.2) is 5.78 Å². The van der Waals surface area contributed by atoms with Crippen molar-refractivity contribution in [3.8, 4) is 0 Å². The van der Waals surface area contributed by atoms with Crippen LogP contribution in [-0.4, -0.2) is 47.7 Å². The number of hydrogen-bond acceptors (Lipinski definition) is 5. The summed E-state index contributed by atoms with van der Waals surface area (Å²) < 4.78 is 5.35. The molecule has 0 atom stereocenters. The van der Waals surface area contributed by atoms with Crippen LogP contribution in [0.2, 0.25) is 0 Å². The van der Waals surface area contributed by atoms with Gasteiger partial charge in [0.2, 0.25) is 0 Å². The summed E-state index contributed by atoms with van der Waals surface area (Å²) in [5.74, 6) is 0.978. The first-order valence-corrected chi connectivity index (χ1v) is 8.10. The fourth-order valence-electron chi connectivity index (χ4n) is 2.53. The summed E-state index contributed by atoms with van der Waals surface area (Å²) in [6.07, 6.45) is 1.68. The van der Waals surface area contributed by atoms with E-state index in [2.05, 4.69) is 4.90 Å². The molecule has 0 N–H and O–H groups in total. The normalized spacial score (nSPS) is 16.0. The molecule has 1 aliphatic rings. The average molecular weight is 318 g/mol. The molecule has 0 saturated carbocycles. The van der Waals surface area contributed by atoms with E-state index in [1.807, 2.05) is 17.0 Å². The van der Waals surface area contributed by atoms with E-state index in [4.69, 9.17) is 4.42 Å². The van der Waals surface area contributed by atoms with Crippen LogP contribution < -0.4 is 0 Å². The van der Waals surface area contributed by atoms with E-state index in [1.165, 1.54) is 18.3 Å². The predicted molar refractivity (Wildman–Crippen MR) is 84.2 cm³/mol. The van der Waals surface area contributed by atoms with E-state index >= 15 is 0 Å². The quantitative estimate of drug-likeness (QED) is 0.813. The number of piperazine rings is 1. The maximum atomic E-state index is 12.4. The first kappa shape index (κ1) is 15.0. The molecule has 0 unspecified atom stereocenters. The number of hydrogen-bond donors (Lipinski definition) is 0. The second-order valence-electron chi connectivity index (χ2n) is 5.37. The lowest BCUT2D eigenvalue weighted by Gasteiger charge is -2.34. The molecule has 1 saturated heterocycles. The van der Waals surface area contributed by atoms with Gasteiger partial charge in [-0.3, -0.25) is 14.5 Å². The zero-order valence-electron chi connectivity index (χ0n) is 12.4. The lowest BCUT2D eigenvalue weighted by molar-refractivity contribution is 0.0625. The molecule has 5 nitrogen and oxygen atoms in total. The van der Waals surface area contributed by atoms with Crippen molar-refractivity contribution in [2.45, 2.75) is 13.5 Å². The molecule has 1 fully saturated rings. The van der Waals surface area contributed by atoms with Gasteiger partial charge < -0.3 is 9.32 Å². The average Bonchev–Trinajstić information content (AvgIpc) is 3.18. The van der Waals surface area contributed by atoms with Gasteiger partial charge in [-0.2, -0.15) is 0 Å². The summed E-state index contributed by atoms with van der Waals surface area (Å²) >= 11 is 1.28. The molecule has 0 spiro atoms. The molecule has 3 heterocycles. The van der Waals surface area contributed by atoms with Crippen LogP contribution >= 0.6 is 11.3 Å². The highest BCUT2D eigenvalue weighted by Crippen LogP contribution is 2.20. The Balaban J connectivity index is 1.56. The summed E-state index contributed by atoms with van der Waals surface area (Å²) in [5.41, 5.74) is 0. The summed E-state index contributed by atoms with van der Waals surface area (Å²) in [7, 11) is 0. The molecule has 0 bridgehead atoms. The van der Waals surface area contributed by atoms with Gasteiger partial charge in [0.25, 0.3) is 5.91 Å². The number of Topliss-reactive ketones (excluding diaryl/α,β-unsaturated/α-hetero) is 1. The van der Waals surface area contributed by atoms with E-state index in [9.17, 15) is 9.59 Å². The number of furan rings is 1. The van der Waals surface area contributed by atoms with Crippen LogP contribution in [0.1, 0.15) is 32.0 Å². The molecule has 0 radical (unpaired) electrons. The molecular weight excluding hydrogens is 300 g/mol. The molecule has 2 aromatic heterocycles. The van der Waals surface area contributed by atoms with Gasteiger partial charge in [-0.05, 0) is 31.2 Å². The summed E-state index contributed by atoms with van der Waals surface area (Å²) in [6, 6.07) is 7.33. The van der Waals surface area contributed by atoms with Crippen molar-refractivity contribution in [2.75, 3.05) is 26.2 Å². The van der Waals surface area contributed by atoms with E-state index in [1.54, 1.807) is 18.4 Å². The van der Waals surface area contributed by atoms with Crippen LogP contribution in [0.5, 0.6) is 0 Å². The molecule has 2 aromatic rings. The fraction of sp³-hybridized carbons (Fsp3) is 0.375. The minimum Gasteiger partial charge on any atom is -0.468 e. The molecule has 3 rings (SSSR count). The number of nitrogens with zero attached hydrogens (tertiary/aromatic N) is 2. The summed E-state index contributed by atoms with van der Waals surface area (Å²) in [4.78, 5) is 29.2. The number of thiophene rings is 1. The third kappa shape index (κ3) is 3.28. The maximum absolute atomic E-state index is 12.4. The second kappa shape index (κ2) is 6.46. The predicted octanol–water partition coefficient (Wildman–Crippen LogP) is 2.50. The van der Waals surface area contributed by atoms with Crippen LogP contribution in [-0.2, 0) is 6.54 Å². The minimum atomic E-state index is 0.00678. The molecule has 1 aliphatic heterocycles. The van der Waals surface area contributed by atoms with Crippen molar-refractivity contribution in [3.63, 3.8) is 0 Å². The van der Waals surface area contributed by atoms with E-state index in [-0.39, 0.29) is 11.7 Å². The highest BCUT2D eigenvalue weighted by molar-refractivity contribution is 7.15. The first-order chi connectivity index (χ1) is 10.6. The van der Waals surface area contributed by atoms with Gasteiger partial charge in [0, 0.05) is 26.2 Å². The van der Waals surface area contributed by atoms with Crippen molar-refractivity contribution in [1.82, 2.24) is 9.80 Å². The molecule has 6 heteroatoms. The Labute approximate surface area is 133 Å². The SMILES string of the molecule is CC(=O)c1ccc(C(=O)N2CCN(Cc3ccco3)CC2)s1. The van der Waals surface area contributed by atoms with Crippen molar-refractivity contribution in [3.05, 3.63) is 46.0 Å². The molecule has 0 aromatic carbocycles. The first-order valence-electron chi connectivity index (χ1n) is 7.28. The second-order valence-corrected chi connectivity index (χ2v) is 6.45. The topological polar surface area (TPSA) is 53.8 Å². The van der Waals surface area contributed by atoms with Gasteiger partial charge in [0.05, 0.1) is 22.6 Å². The lowest BCUT2D eigenvalue weighted by Crippen LogP contribution is -2.48. The van der Waals surface area contributed by atoms with Crippen molar-refractivity contribution in [1.29, 1.82) is 0 Å². The van der Waals surface area contributed by atoms with Gasteiger partial charge in [-0.15, -0.1) is 11.3 Å². The monoisotopic (exact) mass is 318 g/mol. The molecule has 116 valence electrons. The Morgan fingerprint density at radius 1 is 1.14 bits per heavy atom. The molecular formula is C16H18N2O3S. The molecule has 22 heavy (non-hydrogen) atoms. The summed E-state index contributed by atoms with van der Waals surface area (Å²) in [6.45, 7) is 5.37. The van der Waals surface area contributed by atoms with Crippen molar-refractivity contribution in [2.24, 2.45) is 0 Å². The number of ketones is 1.